The van der Waals surface area contributed by atoms with Crippen molar-refractivity contribution in [1.29, 1.82) is 0 Å². The van der Waals surface area contributed by atoms with Crippen LogP contribution in [0.3, 0.4) is 0 Å². The fourth-order valence-electron chi connectivity index (χ4n) is 3.50. The van der Waals surface area contributed by atoms with Crippen LogP contribution in [0.25, 0.3) is 0 Å². The summed E-state index contributed by atoms with van der Waals surface area (Å²) in [7, 11) is 0. The van der Waals surface area contributed by atoms with Crippen LogP contribution in [-0.4, -0.2) is 27.5 Å². The zero-order valence-corrected chi connectivity index (χ0v) is 18.1. The number of ether oxygens (including phenoxy) is 2. The summed E-state index contributed by atoms with van der Waals surface area (Å²) in [6.45, 7) is 1.67. The minimum absolute atomic E-state index is 0.00828. The molecule has 3 atom stereocenters. The van der Waals surface area contributed by atoms with E-state index in [0.717, 1.165) is 17.5 Å². The molecule has 3 aromatic rings. The van der Waals surface area contributed by atoms with E-state index in [1.807, 2.05) is 36.4 Å². The Bertz CT molecular complexity index is 1050. The molecule has 0 unspecified atom stereocenters. The van der Waals surface area contributed by atoms with Crippen molar-refractivity contribution < 1.29 is 9.47 Å². The van der Waals surface area contributed by atoms with Crippen molar-refractivity contribution in [3.05, 3.63) is 99.2 Å². The van der Waals surface area contributed by atoms with Gasteiger partial charge in [0.2, 0.25) is 0 Å². The summed E-state index contributed by atoms with van der Waals surface area (Å²) in [4.78, 5) is 15.1. The number of aromatic amines is 1. The van der Waals surface area contributed by atoms with Gasteiger partial charge in [0.25, 0.3) is 0 Å². The fourth-order valence-corrected chi connectivity index (χ4v) is 5.18. The van der Waals surface area contributed by atoms with E-state index < -0.39 is 0 Å². The minimum atomic E-state index is -0.187. The van der Waals surface area contributed by atoms with E-state index in [1.54, 1.807) is 28.6 Å². The molecule has 0 spiro atoms. The number of nitrogens with zero attached hydrogens (tertiary/aromatic N) is 1. The van der Waals surface area contributed by atoms with E-state index in [0.29, 0.717) is 24.5 Å². The Hall–Kier alpha value is -2.19. The van der Waals surface area contributed by atoms with Gasteiger partial charge in [-0.25, -0.2) is 4.79 Å². The summed E-state index contributed by atoms with van der Waals surface area (Å²) in [5.41, 5.74) is 2.09. The first-order valence-corrected chi connectivity index (χ1v) is 11.3. The zero-order valence-electron chi connectivity index (χ0n) is 16.5. The van der Waals surface area contributed by atoms with Crippen LogP contribution in [0, 0.1) is 4.64 Å². The number of nitrogens with one attached hydrogen (secondary N) is 1. The highest BCUT2D eigenvalue weighted by Crippen LogP contribution is 2.42. The van der Waals surface area contributed by atoms with Gasteiger partial charge in [-0.05, 0) is 17.2 Å². The molecule has 0 amide bonds. The second-order valence-corrected chi connectivity index (χ2v) is 9.08. The maximum absolute atomic E-state index is 12.4. The van der Waals surface area contributed by atoms with Crippen LogP contribution < -0.4 is 5.69 Å². The van der Waals surface area contributed by atoms with Gasteiger partial charge in [-0.3, -0.25) is 9.55 Å². The SMILES string of the molecule is O=c1[nH]c(=S)ccn1[C@@H]1C[C@H](OCc2ccccc2)[C@H](COCc2ccccc2)S1. The minimum Gasteiger partial charge on any atom is -0.376 e. The highest BCUT2D eigenvalue weighted by Gasteiger charge is 2.37. The lowest BCUT2D eigenvalue weighted by atomic mass is 10.1. The molecule has 4 rings (SSSR count). The molecular formula is C23H24N2O3S2. The molecule has 1 aliphatic heterocycles. The maximum atomic E-state index is 12.4. The number of H-pyrrole nitrogens is 1. The van der Waals surface area contributed by atoms with E-state index >= 15 is 0 Å². The first-order valence-electron chi connectivity index (χ1n) is 9.93. The van der Waals surface area contributed by atoms with Crippen molar-refractivity contribution in [3.63, 3.8) is 0 Å². The predicted octanol–water partition coefficient (Wildman–Crippen LogP) is 4.71. The van der Waals surface area contributed by atoms with Gasteiger partial charge in [0, 0.05) is 12.6 Å². The topological polar surface area (TPSA) is 56.2 Å². The van der Waals surface area contributed by atoms with Crippen molar-refractivity contribution in [1.82, 2.24) is 9.55 Å². The van der Waals surface area contributed by atoms with Gasteiger partial charge < -0.3 is 9.47 Å². The number of hydrogen-bond donors (Lipinski definition) is 1. The third-order valence-corrected chi connectivity index (χ3v) is 6.80. The Kier molecular flexibility index (Phi) is 7.17. The molecule has 0 radical (unpaired) electrons. The molecule has 0 saturated carbocycles. The molecule has 0 bridgehead atoms. The summed E-state index contributed by atoms with van der Waals surface area (Å²) >= 11 is 6.78. The Morgan fingerprint density at radius 1 is 1.00 bits per heavy atom. The van der Waals surface area contributed by atoms with E-state index in [9.17, 15) is 4.79 Å². The smallest absolute Gasteiger partial charge is 0.327 e. The number of aromatic nitrogens is 2. The van der Waals surface area contributed by atoms with Crippen LogP contribution in [0.15, 0.2) is 77.7 Å². The Morgan fingerprint density at radius 3 is 2.33 bits per heavy atom. The van der Waals surface area contributed by atoms with Crippen molar-refractivity contribution in [2.75, 3.05) is 6.61 Å². The predicted molar refractivity (Wildman–Crippen MR) is 122 cm³/mol. The van der Waals surface area contributed by atoms with Crippen LogP contribution in [-0.2, 0) is 22.7 Å². The number of benzene rings is 2. The molecular weight excluding hydrogens is 416 g/mol. The highest BCUT2D eigenvalue weighted by atomic mass is 32.2. The largest absolute Gasteiger partial charge is 0.376 e. The number of thioether (sulfide) groups is 1. The number of rotatable bonds is 8. The van der Waals surface area contributed by atoms with Crippen molar-refractivity contribution in [3.8, 4) is 0 Å². The molecule has 7 heteroatoms. The molecule has 2 heterocycles. The van der Waals surface area contributed by atoms with Gasteiger partial charge in [-0.1, -0.05) is 72.9 Å². The molecule has 5 nitrogen and oxygen atoms in total. The second kappa shape index (κ2) is 10.2. The molecule has 30 heavy (non-hydrogen) atoms. The average Bonchev–Trinajstić information content (AvgIpc) is 3.16. The van der Waals surface area contributed by atoms with Crippen LogP contribution in [0.5, 0.6) is 0 Å². The zero-order chi connectivity index (χ0) is 20.8. The van der Waals surface area contributed by atoms with Crippen molar-refractivity contribution >= 4 is 24.0 Å². The molecule has 1 aromatic heterocycles. The third kappa shape index (κ3) is 5.49. The van der Waals surface area contributed by atoms with Gasteiger partial charge in [0.15, 0.2) is 0 Å². The molecule has 0 aliphatic carbocycles. The first kappa shape index (κ1) is 21.1. The lowest BCUT2D eigenvalue weighted by molar-refractivity contribution is 0.0135. The third-order valence-electron chi connectivity index (χ3n) is 5.04. The van der Waals surface area contributed by atoms with Crippen LogP contribution in [0.2, 0.25) is 0 Å². The molecule has 2 aromatic carbocycles. The standard InChI is InChI=1S/C23H24N2O3S2/c26-23-24-21(29)11-12-25(23)22-13-19(28-15-18-9-5-2-6-10-18)20(30-22)16-27-14-17-7-3-1-4-8-17/h1-12,19-20,22H,13-16H2,(H,24,26,29)/t19-,20-,22-/m0/s1. The van der Waals surface area contributed by atoms with Crippen LogP contribution in [0.4, 0.5) is 0 Å². The van der Waals surface area contributed by atoms with Gasteiger partial charge in [0.1, 0.15) is 4.64 Å². The summed E-state index contributed by atoms with van der Waals surface area (Å²) in [5.74, 6) is 0. The normalized spacial score (nSPS) is 21.0. The number of hydrogen-bond acceptors (Lipinski definition) is 5. The Morgan fingerprint density at radius 2 is 1.67 bits per heavy atom. The quantitative estimate of drug-likeness (QED) is 0.514. The van der Waals surface area contributed by atoms with Crippen LogP contribution >= 0.6 is 24.0 Å². The average molecular weight is 441 g/mol. The van der Waals surface area contributed by atoms with Crippen LogP contribution in [0.1, 0.15) is 22.9 Å². The fraction of sp³-hybridized carbons (Fsp3) is 0.304. The van der Waals surface area contributed by atoms with E-state index in [4.69, 9.17) is 21.7 Å². The van der Waals surface area contributed by atoms with Gasteiger partial charge in [-0.2, -0.15) is 0 Å². The molecule has 1 saturated heterocycles. The Labute approximate surface area is 185 Å². The lowest BCUT2D eigenvalue weighted by Gasteiger charge is -2.19. The van der Waals surface area contributed by atoms with Gasteiger partial charge in [-0.15, -0.1) is 11.8 Å². The monoisotopic (exact) mass is 440 g/mol. The van der Waals surface area contributed by atoms with Gasteiger partial charge in [0.05, 0.1) is 36.5 Å². The van der Waals surface area contributed by atoms with Gasteiger partial charge >= 0.3 is 5.69 Å². The van der Waals surface area contributed by atoms with Crippen molar-refractivity contribution in [2.45, 2.75) is 36.4 Å². The molecule has 1 fully saturated rings. The molecule has 1 aliphatic rings. The first-order chi connectivity index (χ1) is 14.7. The summed E-state index contributed by atoms with van der Waals surface area (Å²) in [6.07, 6.45) is 2.49. The van der Waals surface area contributed by atoms with E-state index in [-0.39, 0.29) is 22.4 Å². The highest BCUT2D eigenvalue weighted by molar-refractivity contribution is 8.00. The summed E-state index contributed by atoms with van der Waals surface area (Å²) in [6, 6.07) is 22.0. The maximum Gasteiger partial charge on any atom is 0.327 e. The van der Waals surface area contributed by atoms with Crippen molar-refractivity contribution in [2.24, 2.45) is 0 Å². The molecule has 1 N–H and O–H groups in total. The van der Waals surface area contributed by atoms with E-state index in [1.165, 1.54) is 0 Å². The summed E-state index contributed by atoms with van der Waals surface area (Å²) in [5, 5.41) is 0.118. The molecule has 156 valence electrons. The Balaban J connectivity index is 1.43. The van der Waals surface area contributed by atoms with E-state index in [2.05, 4.69) is 29.2 Å². The second-order valence-electron chi connectivity index (χ2n) is 7.22. The lowest BCUT2D eigenvalue weighted by Crippen LogP contribution is -2.26. The summed E-state index contributed by atoms with van der Waals surface area (Å²) < 4.78 is 14.4.